The monoisotopic (exact) mass is 327 g/mol. The van der Waals surface area contributed by atoms with Crippen LogP contribution in [0.1, 0.15) is 46.9 Å². The van der Waals surface area contributed by atoms with Gasteiger partial charge in [0, 0.05) is 43.5 Å². The van der Waals surface area contributed by atoms with Crippen molar-refractivity contribution in [3.05, 3.63) is 47.5 Å². The molecule has 1 fully saturated rings. The molecule has 3 N–H and O–H groups in total. The number of piperidine rings is 1. The number of carbonyl (C=O) groups is 2. The molecule has 7 nitrogen and oxygen atoms in total. The summed E-state index contributed by atoms with van der Waals surface area (Å²) < 4.78 is 0. The summed E-state index contributed by atoms with van der Waals surface area (Å²) >= 11 is 0. The second kappa shape index (κ2) is 7.25. The number of likely N-dealkylation sites (tertiary alicyclic amines) is 1. The average Bonchev–Trinajstić information content (AvgIpc) is 3.11. The summed E-state index contributed by atoms with van der Waals surface area (Å²) in [5.41, 5.74) is 7.47. The lowest BCUT2D eigenvalue weighted by atomic mass is 9.94. The van der Waals surface area contributed by atoms with Crippen molar-refractivity contribution >= 4 is 11.8 Å². The van der Waals surface area contributed by atoms with Crippen molar-refractivity contribution in [2.75, 3.05) is 13.1 Å². The molecule has 0 saturated carbocycles. The van der Waals surface area contributed by atoms with Crippen molar-refractivity contribution in [3.8, 4) is 0 Å². The normalized spacial score (nSPS) is 17.7. The SMILES string of the molecule is NC(=O)c1cc(C2CCCN(C(=O)CCc3ccncc3)C2)[nH]n1. The molecule has 2 aromatic heterocycles. The zero-order chi connectivity index (χ0) is 16.9. The van der Waals surface area contributed by atoms with Gasteiger partial charge in [-0.3, -0.25) is 19.7 Å². The van der Waals surface area contributed by atoms with Gasteiger partial charge >= 0.3 is 0 Å². The van der Waals surface area contributed by atoms with Gasteiger partial charge in [0.15, 0.2) is 0 Å². The van der Waals surface area contributed by atoms with Gasteiger partial charge in [0.05, 0.1) is 0 Å². The molecule has 7 heteroatoms. The molecule has 2 amide bonds. The van der Waals surface area contributed by atoms with Crippen LogP contribution in [0.15, 0.2) is 30.6 Å². The standard InChI is InChI=1S/C17H21N5O2/c18-17(24)15-10-14(20-21-15)13-2-1-9-22(11-13)16(23)4-3-12-5-7-19-8-6-12/h5-8,10,13H,1-4,9,11H2,(H2,18,24)(H,20,21). The van der Waals surface area contributed by atoms with Crippen LogP contribution in [-0.4, -0.2) is 45.0 Å². The number of carbonyl (C=O) groups excluding carboxylic acids is 2. The van der Waals surface area contributed by atoms with E-state index in [0.29, 0.717) is 13.0 Å². The minimum absolute atomic E-state index is 0.158. The molecule has 0 spiro atoms. The first-order valence-electron chi connectivity index (χ1n) is 8.15. The third kappa shape index (κ3) is 3.79. The van der Waals surface area contributed by atoms with E-state index >= 15 is 0 Å². The fourth-order valence-corrected chi connectivity index (χ4v) is 3.09. The number of aryl methyl sites for hydroxylation is 1. The van der Waals surface area contributed by atoms with E-state index < -0.39 is 5.91 Å². The van der Waals surface area contributed by atoms with Gasteiger partial charge in [-0.2, -0.15) is 5.10 Å². The van der Waals surface area contributed by atoms with E-state index in [4.69, 9.17) is 5.73 Å². The van der Waals surface area contributed by atoms with Gasteiger partial charge in [0.2, 0.25) is 5.91 Å². The van der Waals surface area contributed by atoms with Crippen molar-refractivity contribution in [3.63, 3.8) is 0 Å². The lowest BCUT2D eigenvalue weighted by molar-refractivity contribution is -0.132. The highest BCUT2D eigenvalue weighted by Gasteiger charge is 2.26. The second-order valence-electron chi connectivity index (χ2n) is 6.11. The average molecular weight is 327 g/mol. The van der Waals surface area contributed by atoms with E-state index in [0.717, 1.165) is 37.1 Å². The smallest absolute Gasteiger partial charge is 0.269 e. The summed E-state index contributed by atoms with van der Waals surface area (Å²) in [5.74, 6) is -0.214. The summed E-state index contributed by atoms with van der Waals surface area (Å²) in [6.45, 7) is 1.43. The third-order valence-corrected chi connectivity index (χ3v) is 4.44. The molecule has 0 aliphatic carbocycles. The Labute approximate surface area is 140 Å². The Morgan fingerprint density at radius 2 is 2.12 bits per heavy atom. The van der Waals surface area contributed by atoms with E-state index in [1.54, 1.807) is 18.5 Å². The number of aromatic amines is 1. The molecule has 2 aromatic rings. The summed E-state index contributed by atoms with van der Waals surface area (Å²) in [4.78, 5) is 29.5. The highest BCUT2D eigenvalue weighted by Crippen LogP contribution is 2.26. The molecule has 1 aliphatic heterocycles. The van der Waals surface area contributed by atoms with E-state index in [9.17, 15) is 9.59 Å². The number of hydrogen-bond donors (Lipinski definition) is 2. The number of aromatic nitrogens is 3. The molecular weight excluding hydrogens is 306 g/mol. The van der Waals surface area contributed by atoms with Crippen LogP contribution in [0, 0.1) is 0 Å². The van der Waals surface area contributed by atoms with Crippen LogP contribution in [-0.2, 0) is 11.2 Å². The number of amides is 2. The number of rotatable bonds is 5. The van der Waals surface area contributed by atoms with Crippen LogP contribution in [0.25, 0.3) is 0 Å². The fraction of sp³-hybridized carbons (Fsp3) is 0.412. The Hall–Kier alpha value is -2.70. The Kier molecular flexibility index (Phi) is 4.88. The van der Waals surface area contributed by atoms with Crippen LogP contribution in [0.2, 0.25) is 0 Å². The van der Waals surface area contributed by atoms with Gasteiger partial charge in [0.25, 0.3) is 5.91 Å². The van der Waals surface area contributed by atoms with Gasteiger partial charge in [-0.25, -0.2) is 0 Å². The van der Waals surface area contributed by atoms with Crippen molar-refractivity contribution < 1.29 is 9.59 Å². The molecule has 1 unspecified atom stereocenters. The van der Waals surface area contributed by atoms with Crippen LogP contribution >= 0.6 is 0 Å². The molecule has 0 radical (unpaired) electrons. The van der Waals surface area contributed by atoms with E-state index in [-0.39, 0.29) is 17.5 Å². The number of pyridine rings is 1. The topological polar surface area (TPSA) is 105 Å². The maximum absolute atomic E-state index is 12.5. The first kappa shape index (κ1) is 16.2. The number of nitrogens with one attached hydrogen (secondary N) is 1. The van der Waals surface area contributed by atoms with Crippen molar-refractivity contribution in [2.24, 2.45) is 5.73 Å². The maximum atomic E-state index is 12.5. The highest BCUT2D eigenvalue weighted by atomic mass is 16.2. The summed E-state index contributed by atoms with van der Waals surface area (Å²) in [6.07, 6.45) is 6.60. The number of primary amides is 1. The summed E-state index contributed by atoms with van der Waals surface area (Å²) in [6, 6.07) is 5.56. The predicted octanol–water partition coefficient (Wildman–Crippen LogP) is 1.24. The van der Waals surface area contributed by atoms with Crippen LogP contribution in [0.4, 0.5) is 0 Å². The fourth-order valence-electron chi connectivity index (χ4n) is 3.09. The van der Waals surface area contributed by atoms with Gasteiger partial charge in [-0.15, -0.1) is 0 Å². The molecule has 24 heavy (non-hydrogen) atoms. The van der Waals surface area contributed by atoms with Gasteiger partial charge in [-0.1, -0.05) is 0 Å². The minimum atomic E-state index is -0.543. The Morgan fingerprint density at radius 1 is 1.33 bits per heavy atom. The summed E-state index contributed by atoms with van der Waals surface area (Å²) in [5, 5.41) is 6.81. The molecule has 3 heterocycles. The molecule has 0 aromatic carbocycles. The van der Waals surface area contributed by atoms with Gasteiger partial charge in [-0.05, 0) is 43.0 Å². The molecule has 3 rings (SSSR count). The van der Waals surface area contributed by atoms with Crippen molar-refractivity contribution in [1.29, 1.82) is 0 Å². The number of H-pyrrole nitrogens is 1. The predicted molar refractivity (Wildman–Crippen MR) is 88.2 cm³/mol. The number of nitrogens with two attached hydrogens (primary N) is 1. The van der Waals surface area contributed by atoms with E-state index in [1.165, 1.54) is 0 Å². The quantitative estimate of drug-likeness (QED) is 0.862. The maximum Gasteiger partial charge on any atom is 0.269 e. The van der Waals surface area contributed by atoms with Crippen molar-refractivity contribution in [1.82, 2.24) is 20.1 Å². The zero-order valence-corrected chi connectivity index (χ0v) is 13.4. The number of hydrogen-bond acceptors (Lipinski definition) is 4. The van der Waals surface area contributed by atoms with Gasteiger partial charge in [0.1, 0.15) is 5.69 Å². The lowest BCUT2D eigenvalue weighted by Gasteiger charge is -2.32. The molecule has 126 valence electrons. The number of nitrogens with zero attached hydrogens (tertiary/aromatic N) is 3. The molecule has 1 aliphatic rings. The summed E-state index contributed by atoms with van der Waals surface area (Å²) in [7, 11) is 0. The van der Waals surface area contributed by atoms with E-state index in [1.807, 2.05) is 17.0 Å². The Balaban J connectivity index is 1.58. The molecule has 0 bridgehead atoms. The van der Waals surface area contributed by atoms with Crippen molar-refractivity contribution in [2.45, 2.75) is 31.6 Å². The highest BCUT2D eigenvalue weighted by molar-refractivity contribution is 5.90. The molecular formula is C17H21N5O2. The molecule has 1 atom stereocenters. The first-order chi connectivity index (χ1) is 11.6. The molecule has 1 saturated heterocycles. The van der Waals surface area contributed by atoms with Crippen LogP contribution < -0.4 is 5.73 Å². The largest absolute Gasteiger partial charge is 0.364 e. The van der Waals surface area contributed by atoms with Gasteiger partial charge < -0.3 is 10.6 Å². The minimum Gasteiger partial charge on any atom is -0.364 e. The van der Waals surface area contributed by atoms with Crippen LogP contribution in [0.3, 0.4) is 0 Å². The zero-order valence-electron chi connectivity index (χ0n) is 13.4. The van der Waals surface area contributed by atoms with E-state index in [2.05, 4.69) is 15.2 Å². The third-order valence-electron chi connectivity index (χ3n) is 4.44. The second-order valence-corrected chi connectivity index (χ2v) is 6.11. The van der Waals surface area contributed by atoms with Crippen LogP contribution in [0.5, 0.6) is 0 Å². The Morgan fingerprint density at radius 3 is 2.83 bits per heavy atom. The Bertz CT molecular complexity index is 713. The lowest BCUT2D eigenvalue weighted by Crippen LogP contribution is -2.39. The first-order valence-corrected chi connectivity index (χ1v) is 8.15.